The molecule has 0 aliphatic carbocycles. The predicted octanol–water partition coefficient (Wildman–Crippen LogP) is 7.49. The van der Waals surface area contributed by atoms with Crippen LogP contribution < -0.4 is 14.9 Å². The molecule has 1 aromatic carbocycles. The normalized spacial score (nSPS) is 13.6. The first-order chi connectivity index (χ1) is 28.7. The van der Waals surface area contributed by atoms with Gasteiger partial charge in [0.15, 0.2) is 0 Å². The molecule has 4 N–H and O–H groups in total. The van der Waals surface area contributed by atoms with Crippen molar-refractivity contribution in [3.63, 3.8) is 0 Å². The maximum absolute atomic E-state index is 13.8. The summed E-state index contributed by atoms with van der Waals surface area (Å²) in [7, 11) is -2.35. The first-order valence-electron chi connectivity index (χ1n) is 20.7. The molecule has 0 saturated carbocycles. The van der Waals surface area contributed by atoms with Crippen LogP contribution in [0.1, 0.15) is 102 Å². The summed E-state index contributed by atoms with van der Waals surface area (Å²) in [5, 5.41) is 26.8. The molecule has 0 radical (unpaired) electrons. The van der Waals surface area contributed by atoms with Crippen LogP contribution in [-0.2, 0) is 24.3 Å². The van der Waals surface area contributed by atoms with E-state index in [9.17, 15) is 32.6 Å². The molecule has 0 aliphatic rings. The van der Waals surface area contributed by atoms with Gasteiger partial charge < -0.3 is 25.6 Å². The van der Waals surface area contributed by atoms with Crippen LogP contribution in [0.5, 0.6) is 0 Å². The highest BCUT2D eigenvalue weighted by atomic mass is 32.2. The van der Waals surface area contributed by atoms with Gasteiger partial charge in [-0.25, -0.2) is 27.1 Å². The van der Waals surface area contributed by atoms with Gasteiger partial charge in [0.2, 0.25) is 27.8 Å². The van der Waals surface area contributed by atoms with Crippen LogP contribution >= 0.6 is 0 Å². The zero-order valence-electron chi connectivity index (χ0n) is 35.9. The predicted molar refractivity (Wildman–Crippen MR) is 240 cm³/mol. The highest BCUT2D eigenvalue weighted by Crippen LogP contribution is 2.32. The topological polar surface area (TPSA) is 171 Å². The maximum atomic E-state index is 13.8. The molecule has 2 rings (SSSR count). The minimum absolute atomic E-state index is 0.0392. The molecular formula is C46H66FN5O7S. The fourth-order valence-corrected chi connectivity index (χ4v) is 5.97. The van der Waals surface area contributed by atoms with Crippen molar-refractivity contribution in [1.29, 1.82) is 0 Å². The summed E-state index contributed by atoms with van der Waals surface area (Å²) in [5.74, 6) is -1.16. The second-order valence-electron chi connectivity index (χ2n) is 14.5. The molecule has 12 nitrogen and oxygen atoms in total. The number of hydrogen-bond acceptors (Lipinski definition) is 9. The Balaban J connectivity index is 1.67. The van der Waals surface area contributed by atoms with Crippen LogP contribution in [0.2, 0.25) is 0 Å². The highest BCUT2D eigenvalue weighted by Gasteiger charge is 2.23. The Morgan fingerprint density at radius 2 is 1.40 bits per heavy atom. The minimum atomic E-state index is -3.69. The average Bonchev–Trinajstić information content (AvgIpc) is 3.20. The number of carbonyl (C=O) groups is 2. The van der Waals surface area contributed by atoms with Gasteiger partial charge in [-0.3, -0.25) is 9.59 Å². The number of anilines is 1. The number of hydrogen-bond donors (Lipinski definition) is 4. The van der Waals surface area contributed by atoms with E-state index < -0.39 is 34.0 Å². The number of amides is 2. The van der Waals surface area contributed by atoms with Crippen LogP contribution in [0.3, 0.4) is 0 Å². The second kappa shape index (κ2) is 29.5. The smallest absolute Gasteiger partial charge is 0.239 e. The third-order valence-corrected chi connectivity index (χ3v) is 10.1. The zero-order valence-corrected chi connectivity index (χ0v) is 36.7. The van der Waals surface area contributed by atoms with E-state index in [0.717, 1.165) is 55.5 Å². The fourth-order valence-electron chi connectivity index (χ4n) is 5.59. The molecule has 1 heterocycles. The number of aliphatic hydroxyl groups is 2. The maximum Gasteiger partial charge on any atom is 0.239 e. The van der Waals surface area contributed by atoms with Crippen molar-refractivity contribution in [2.45, 2.75) is 103 Å². The molecule has 2 aromatic rings. The Morgan fingerprint density at radius 3 is 1.95 bits per heavy atom. The Morgan fingerprint density at radius 1 is 0.850 bits per heavy atom. The van der Waals surface area contributed by atoms with Gasteiger partial charge in [0, 0.05) is 44.1 Å². The van der Waals surface area contributed by atoms with E-state index in [0.29, 0.717) is 42.1 Å². The molecule has 0 saturated heterocycles. The van der Waals surface area contributed by atoms with E-state index in [1.807, 2.05) is 13.8 Å². The summed E-state index contributed by atoms with van der Waals surface area (Å²) in [4.78, 5) is 33.5. The monoisotopic (exact) mass is 851 g/mol. The SMILES string of the molecule is CCC=CCC=CCC=CCC=CCC=CCCCC(=O)NCCOCCNC(=O)CC(O)CC(O)C=Cc1c(-c2ccc(F)cc2)nc(N(C)S(C)(=O)=O)nc1C(C)C. The number of aliphatic hydroxyl groups excluding tert-OH is 2. The number of halogens is 1. The largest absolute Gasteiger partial charge is 0.392 e. The van der Waals surface area contributed by atoms with Crippen molar-refractivity contribution < 1.29 is 37.3 Å². The minimum Gasteiger partial charge on any atom is -0.392 e. The Labute approximate surface area is 357 Å². The number of allylic oxidation sites excluding steroid dienone is 10. The number of aromatic nitrogens is 2. The van der Waals surface area contributed by atoms with E-state index >= 15 is 0 Å². The lowest BCUT2D eigenvalue weighted by Crippen LogP contribution is -2.32. The Hall–Kier alpha value is -4.76. The molecule has 60 heavy (non-hydrogen) atoms. The quantitative estimate of drug-likeness (QED) is 0.0479. The van der Waals surface area contributed by atoms with Crippen molar-refractivity contribution in [3.8, 4) is 11.3 Å². The molecule has 0 fully saturated rings. The zero-order chi connectivity index (χ0) is 44.2. The summed E-state index contributed by atoms with van der Waals surface area (Å²) in [6, 6.07) is 5.56. The summed E-state index contributed by atoms with van der Waals surface area (Å²) in [6.45, 7) is 6.97. The van der Waals surface area contributed by atoms with Gasteiger partial charge in [0.25, 0.3) is 0 Å². The molecule has 1 aromatic heterocycles. The van der Waals surface area contributed by atoms with Gasteiger partial charge in [0.1, 0.15) is 5.82 Å². The fraction of sp³-hybridized carbons (Fsp3) is 0.478. The van der Waals surface area contributed by atoms with Gasteiger partial charge in [-0.05, 0) is 75.1 Å². The Bertz CT molecular complexity index is 1880. The summed E-state index contributed by atoms with van der Waals surface area (Å²) < 4.78 is 44.8. The number of nitrogens with zero attached hydrogens (tertiary/aromatic N) is 3. The Kier molecular flexibility index (Phi) is 25.2. The molecule has 2 amide bonds. The van der Waals surface area contributed by atoms with Crippen molar-refractivity contribution in [3.05, 3.63) is 108 Å². The molecular weight excluding hydrogens is 786 g/mol. The average molecular weight is 852 g/mol. The number of benzene rings is 1. The molecule has 0 spiro atoms. The van der Waals surface area contributed by atoms with Crippen molar-refractivity contribution in [2.24, 2.45) is 0 Å². The molecule has 0 bridgehead atoms. The lowest BCUT2D eigenvalue weighted by molar-refractivity contribution is -0.123. The first-order valence-corrected chi connectivity index (χ1v) is 22.6. The van der Waals surface area contributed by atoms with Crippen molar-refractivity contribution in [1.82, 2.24) is 20.6 Å². The van der Waals surface area contributed by atoms with Crippen LogP contribution in [0, 0.1) is 5.82 Å². The lowest BCUT2D eigenvalue weighted by atomic mass is 9.97. The van der Waals surface area contributed by atoms with Gasteiger partial charge in [0.05, 0.1) is 49.5 Å². The van der Waals surface area contributed by atoms with Gasteiger partial charge in [-0.15, -0.1) is 0 Å². The van der Waals surface area contributed by atoms with E-state index in [1.54, 1.807) is 6.08 Å². The molecule has 0 aliphatic heterocycles. The third-order valence-electron chi connectivity index (χ3n) is 8.90. The number of sulfonamides is 1. The highest BCUT2D eigenvalue weighted by molar-refractivity contribution is 7.92. The summed E-state index contributed by atoms with van der Waals surface area (Å²) in [6.07, 6.45) is 29.8. The van der Waals surface area contributed by atoms with E-state index in [4.69, 9.17) is 4.74 Å². The van der Waals surface area contributed by atoms with Crippen molar-refractivity contribution in [2.75, 3.05) is 43.9 Å². The van der Waals surface area contributed by atoms with Crippen LogP contribution in [-0.4, -0.2) is 92.2 Å². The number of ether oxygens (including phenoxy) is 1. The second-order valence-corrected chi connectivity index (χ2v) is 16.5. The molecule has 14 heteroatoms. The van der Waals surface area contributed by atoms with Crippen LogP contribution in [0.25, 0.3) is 17.3 Å². The summed E-state index contributed by atoms with van der Waals surface area (Å²) in [5.41, 5.74) is 1.83. The summed E-state index contributed by atoms with van der Waals surface area (Å²) >= 11 is 0. The molecule has 330 valence electrons. The lowest BCUT2D eigenvalue weighted by Gasteiger charge is -2.20. The van der Waals surface area contributed by atoms with Gasteiger partial charge in [-0.2, -0.15) is 0 Å². The number of unbranched alkanes of at least 4 members (excludes halogenated alkanes) is 1. The first kappa shape index (κ1) is 51.4. The van der Waals surface area contributed by atoms with Crippen LogP contribution in [0.15, 0.2) is 91.1 Å². The number of nitrogens with one attached hydrogen (secondary N) is 2. The number of carbonyl (C=O) groups excluding carboxylic acids is 2. The van der Waals surface area contributed by atoms with Gasteiger partial charge >= 0.3 is 0 Å². The third kappa shape index (κ3) is 22.0. The standard InChI is InChI=1S/C46H66FN5O7S/c1-6-7-8-9-10-11-12-13-14-15-16-17-18-19-20-21-22-23-42(55)48-30-32-59-33-31-49-43(56)35-40(54)34-39(53)28-29-41-44(36(2)3)50-46(52(4)60(5,57)58)51-45(41)37-24-26-38(47)27-25-37/h7-8,10-11,13-14,16-17,19-20,24-29,36,39-40,53-54H,6,9,12,15,18,21-23,30-35H2,1-5H3,(H,48,55)(H,49,56). The number of rotatable bonds is 29. The molecule has 2 atom stereocenters. The van der Waals surface area contributed by atoms with Gasteiger partial charge in [-0.1, -0.05) is 93.7 Å². The van der Waals surface area contributed by atoms with Crippen molar-refractivity contribution >= 4 is 33.9 Å². The molecule has 2 unspecified atom stereocenters. The van der Waals surface area contributed by atoms with E-state index in [-0.39, 0.29) is 43.8 Å². The van der Waals surface area contributed by atoms with E-state index in [1.165, 1.54) is 37.4 Å². The van der Waals surface area contributed by atoms with Crippen LogP contribution in [0.4, 0.5) is 10.3 Å². The van der Waals surface area contributed by atoms with E-state index in [2.05, 4.69) is 88.3 Å².